The number of nitrogens with one attached hydrogen (secondary N) is 1. The number of benzene rings is 2. The molecule has 2 aromatic carbocycles. The van der Waals surface area contributed by atoms with E-state index in [1.807, 2.05) is 0 Å². The van der Waals surface area contributed by atoms with Gasteiger partial charge in [0.25, 0.3) is 11.8 Å². The van der Waals surface area contributed by atoms with Gasteiger partial charge in [0.15, 0.2) is 6.61 Å². The summed E-state index contributed by atoms with van der Waals surface area (Å²) in [5.41, 5.74) is 5.96. The highest BCUT2D eigenvalue weighted by molar-refractivity contribution is 6.33. The number of halogens is 1. The zero-order valence-corrected chi connectivity index (χ0v) is 11.8. The van der Waals surface area contributed by atoms with Crippen LogP contribution < -0.4 is 15.8 Å². The summed E-state index contributed by atoms with van der Waals surface area (Å²) in [5, 5.41) is 3.18. The minimum atomic E-state index is -0.560. The summed E-state index contributed by atoms with van der Waals surface area (Å²) in [6, 6.07) is 13.3. The monoisotopic (exact) mass is 304 g/mol. The molecule has 0 saturated carbocycles. The predicted molar refractivity (Wildman–Crippen MR) is 80.5 cm³/mol. The number of nitrogens with two attached hydrogens (primary N) is 1. The first-order valence-electron chi connectivity index (χ1n) is 6.13. The lowest BCUT2D eigenvalue weighted by atomic mass is 10.2. The first-order valence-corrected chi connectivity index (χ1v) is 6.51. The fourth-order valence-electron chi connectivity index (χ4n) is 1.61. The standard InChI is InChI=1S/C15H13ClN2O3/c16-12-3-1-2-4-13(12)18-15(20)10-5-7-11(8-6-10)21-9-14(17)19/h1-8H,9H2,(H2,17,19)(H,18,20). The summed E-state index contributed by atoms with van der Waals surface area (Å²) in [6.45, 7) is -0.203. The van der Waals surface area contributed by atoms with Gasteiger partial charge in [-0.15, -0.1) is 0 Å². The first-order chi connectivity index (χ1) is 10.1. The molecule has 0 aromatic heterocycles. The molecule has 5 nitrogen and oxygen atoms in total. The highest BCUT2D eigenvalue weighted by Crippen LogP contribution is 2.21. The number of rotatable bonds is 5. The van der Waals surface area contributed by atoms with Crippen molar-refractivity contribution >= 4 is 29.1 Å². The predicted octanol–water partition coefficient (Wildman–Crippen LogP) is 2.46. The Hall–Kier alpha value is -2.53. The van der Waals surface area contributed by atoms with E-state index in [0.29, 0.717) is 22.0 Å². The van der Waals surface area contributed by atoms with Gasteiger partial charge in [0.2, 0.25) is 0 Å². The Bertz CT molecular complexity index is 656. The van der Waals surface area contributed by atoms with E-state index in [0.717, 1.165) is 0 Å². The average Bonchev–Trinajstić information content (AvgIpc) is 2.48. The molecule has 0 fully saturated rings. The Labute approximate surface area is 126 Å². The Morgan fingerprint density at radius 3 is 2.38 bits per heavy atom. The molecule has 0 heterocycles. The van der Waals surface area contributed by atoms with E-state index in [2.05, 4.69) is 5.32 Å². The van der Waals surface area contributed by atoms with Gasteiger partial charge in [-0.1, -0.05) is 23.7 Å². The number of anilines is 1. The van der Waals surface area contributed by atoms with Gasteiger partial charge in [-0.25, -0.2) is 0 Å². The molecular weight excluding hydrogens is 292 g/mol. The number of carbonyl (C=O) groups excluding carboxylic acids is 2. The molecular formula is C15H13ClN2O3. The number of hydrogen-bond acceptors (Lipinski definition) is 3. The molecule has 21 heavy (non-hydrogen) atoms. The van der Waals surface area contributed by atoms with E-state index in [9.17, 15) is 9.59 Å². The third-order valence-corrected chi connectivity index (χ3v) is 2.95. The smallest absolute Gasteiger partial charge is 0.255 e. The van der Waals surface area contributed by atoms with Crippen molar-refractivity contribution in [2.45, 2.75) is 0 Å². The molecule has 0 radical (unpaired) electrons. The molecule has 0 atom stereocenters. The van der Waals surface area contributed by atoms with Gasteiger partial charge in [0.1, 0.15) is 5.75 Å². The topological polar surface area (TPSA) is 81.4 Å². The Morgan fingerprint density at radius 1 is 1.10 bits per heavy atom. The van der Waals surface area contributed by atoms with Crippen LogP contribution in [0, 0.1) is 0 Å². The summed E-state index contributed by atoms with van der Waals surface area (Å²) in [6.07, 6.45) is 0. The molecule has 0 spiro atoms. The Morgan fingerprint density at radius 2 is 1.76 bits per heavy atom. The summed E-state index contributed by atoms with van der Waals surface area (Å²) in [5.74, 6) is -0.386. The van der Waals surface area contributed by atoms with Crippen LogP contribution in [0.15, 0.2) is 48.5 Å². The van der Waals surface area contributed by atoms with Crippen molar-refractivity contribution in [1.29, 1.82) is 0 Å². The fraction of sp³-hybridized carbons (Fsp3) is 0.0667. The third-order valence-electron chi connectivity index (χ3n) is 2.62. The van der Waals surface area contributed by atoms with E-state index >= 15 is 0 Å². The number of hydrogen-bond donors (Lipinski definition) is 2. The van der Waals surface area contributed by atoms with Gasteiger partial charge >= 0.3 is 0 Å². The van der Waals surface area contributed by atoms with Crippen molar-refractivity contribution in [2.75, 3.05) is 11.9 Å². The fourth-order valence-corrected chi connectivity index (χ4v) is 1.80. The Balaban J connectivity index is 2.03. The van der Waals surface area contributed by atoms with E-state index in [1.54, 1.807) is 48.5 Å². The van der Waals surface area contributed by atoms with Crippen LogP contribution in [0.4, 0.5) is 5.69 Å². The van der Waals surface area contributed by atoms with E-state index in [1.165, 1.54) is 0 Å². The summed E-state index contributed by atoms with van der Waals surface area (Å²) < 4.78 is 5.11. The molecule has 2 aromatic rings. The van der Waals surface area contributed by atoms with Crippen LogP contribution in [-0.4, -0.2) is 18.4 Å². The van der Waals surface area contributed by atoms with Gasteiger partial charge in [-0.2, -0.15) is 0 Å². The summed E-state index contributed by atoms with van der Waals surface area (Å²) in [7, 11) is 0. The number of para-hydroxylation sites is 1. The van der Waals surface area contributed by atoms with Crippen molar-refractivity contribution in [1.82, 2.24) is 0 Å². The van der Waals surface area contributed by atoms with Gasteiger partial charge in [-0.05, 0) is 36.4 Å². The normalized spacial score (nSPS) is 9.95. The van der Waals surface area contributed by atoms with E-state index < -0.39 is 5.91 Å². The largest absolute Gasteiger partial charge is 0.484 e. The number of amides is 2. The minimum absolute atomic E-state index is 0.203. The zero-order chi connectivity index (χ0) is 15.2. The SMILES string of the molecule is NC(=O)COc1ccc(C(=O)Nc2ccccc2Cl)cc1. The molecule has 2 rings (SSSR count). The third kappa shape index (κ3) is 4.22. The van der Waals surface area contributed by atoms with Crippen LogP contribution >= 0.6 is 11.6 Å². The van der Waals surface area contributed by atoms with Crippen LogP contribution in [0.2, 0.25) is 5.02 Å². The van der Waals surface area contributed by atoms with Gasteiger partial charge in [0.05, 0.1) is 10.7 Å². The van der Waals surface area contributed by atoms with Crippen molar-refractivity contribution in [3.8, 4) is 5.75 Å². The molecule has 3 N–H and O–H groups in total. The zero-order valence-electron chi connectivity index (χ0n) is 11.0. The number of carbonyl (C=O) groups is 2. The van der Waals surface area contributed by atoms with E-state index in [4.69, 9.17) is 22.1 Å². The highest BCUT2D eigenvalue weighted by Gasteiger charge is 2.08. The molecule has 0 aliphatic rings. The summed E-state index contributed by atoms with van der Waals surface area (Å²) in [4.78, 5) is 22.7. The minimum Gasteiger partial charge on any atom is -0.484 e. The second-order valence-corrected chi connectivity index (χ2v) is 4.62. The van der Waals surface area contributed by atoms with Crippen LogP contribution in [0.5, 0.6) is 5.75 Å². The van der Waals surface area contributed by atoms with E-state index in [-0.39, 0.29) is 12.5 Å². The highest BCUT2D eigenvalue weighted by atomic mass is 35.5. The molecule has 0 saturated heterocycles. The van der Waals surface area contributed by atoms with Crippen LogP contribution in [-0.2, 0) is 4.79 Å². The molecule has 6 heteroatoms. The van der Waals surface area contributed by atoms with Gasteiger partial charge < -0.3 is 15.8 Å². The molecule has 0 aliphatic heterocycles. The maximum atomic E-state index is 12.1. The molecule has 0 unspecified atom stereocenters. The molecule has 2 amide bonds. The molecule has 0 aliphatic carbocycles. The number of primary amides is 1. The van der Waals surface area contributed by atoms with Crippen molar-refractivity contribution < 1.29 is 14.3 Å². The van der Waals surface area contributed by atoms with Gasteiger partial charge in [-0.3, -0.25) is 9.59 Å². The van der Waals surface area contributed by atoms with Crippen LogP contribution in [0.3, 0.4) is 0 Å². The van der Waals surface area contributed by atoms with Gasteiger partial charge in [0, 0.05) is 5.56 Å². The first kappa shape index (κ1) is 14.9. The maximum absolute atomic E-state index is 12.1. The quantitative estimate of drug-likeness (QED) is 0.890. The maximum Gasteiger partial charge on any atom is 0.255 e. The molecule has 108 valence electrons. The van der Waals surface area contributed by atoms with Crippen LogP contribution in [0.25, 0.3) is 0 Å². The van der Waals surface area contributed by atoms with Crippen molar-refractivity contribution in [3.05, 3.63) is 59.1 Å². The average molecular weight is 305 g/mol. The second kappa shape index (κ2) is 6.76. The van der Waals surface area contributed by atoms with Crippen molar-refractivity contribution in [2.24, 2.45) is 5.73 Å². The molecule has 0 bridgehead atoms. The second-order valence-electron chi connectivity index (χ2n) is 4.21. The number of ether oxygens (including phenoxy) is 1. The van der Waals surface area contributed by atoms with Crippen molar-refractivity contribution in [3.63, 3.8) is 0 Å². The summed E-state index contributed by atoms with van der Waals surface area (Å²) >= 11 is 5.97. The lowest BCUT2D eigenvalue weighted by Gasteiger charge is -2.08. The lowest BCUT2D eigenvalue weighted by Crippen LogP contribution is -2.20. The lowest BCUT2D eigenvalue weighted by molar-refractivity contribution is -0.119. The Kier molecular flexibility index (Phi) is 4.79. The van der Waals surface area contributed by atoms with Crippen LogP contribution in [0.1, 0.15) is 10.4 Å².